The molecule has 34 heavy (non-hydrogen) atoms. The molecule has 2 aromatic carbocycles. The van der Waals surface area contributed by atoms with E-state index < -0.39 is 12.1 Å². The second-order valence-electron chi connectivity index (χ2n) is 7.44. The first-order valence-electron chi connectivity index (χ1n) is 10.3. The Hall–Kier alpha value is -2.99. The van der Waals surface area contributed by atoms with Gasteiger partial charge in [0.05, 0.1) is 18.2 Å². The zero-order chi connectivity index (χ0) is 23.4. The molecular weight excluding hydrogens is 477 g/mol. The molecule has 1 saturated heterocycles. The van der Waals surface area contributed by atoms with Crippen molar-refractivity contribution in [2.75, 3.05) is 44.3 Å². The van der Waals surface area contributed by atoms with Crippen LogP contribution in [0.3, 0.4) is 0 Å². The first kappa shape index (κ1) is 25.6. The largest absolute Gasteiger partial charge is 0.870 e. The number of benzene rings is 2. The van der Waals surface area contributed by atoms with Gasteiger partial charge in [-0.3, -0.25) is 4.90 Å². The number of halogens is 4. The molecule has 1 aliphatic heterocycles. The normalized spacial score (nSPS) is 14.5. The number of nitrogens with one attached hydrogen (secondary N) is 1. The van der Waals surface area contributed by atoms with Gasteiger partial charge in [0.15, 0.2) is 16.9 Å². The summed E-state index contributed by atoms with van der Waals surface area (Å²) in [4.78, 5) is 18.9. The molecule has 4 rings (SSSR count). The number of aromatic nitrogens is 1. The average Bonchev–Trinajstić information content (AvgIpc) is 2.80. The summed E-state index contributed by atoms with van der Waals surface area (Å²) >= 11 is 6.36. The lowest BCUT2D eigenvalue weighted by Gasteiger charge is -2.28. The number of para-hydroxylation sites is 1. The molecule has 1 fully saturated rings. The van der Waals surface area contributed by atoms with Gasteiger partial charge in [-0.15, -0.1) is 18.1 Å². The fourth-order valence-corrected chi connectivity index (χ4v) is 3.98. The predicted octanol–water partition coefficient (Wildman–Crippen LogP) is 4.90. The Morgan fingerprint density at radius 1 is 1.15 bits per heavy atom. The van der Waals surface area contributed by atoms with Crippen LogP contribution in [0.25, 0.3) is 10.9 Å². The maximum Gasteiger partial charge on any atom is 0.573 e. The Labute approximate surface area is 198 Å². The molecule has 0 radical (unpaired) electrons. The lowest BCUT2D eigenvalue weighted by atomic mass is 10.2. The summed E-state index contributed by atoms with van der Waals surface area (Å²) in [6.07, 6.45) is -4.87. The number of nitroso groups, excluding NO2 is 1. The SMILES string of the molecule is O=Nc1cc(OC(F)(F)F)ccc1N(CCN1CCOCC1)c1ccc2cccc(Cl)c2[nH+]1.[OH-]. The van der Waals surface area contributed by atoms with Crippen LogP contribution in [0.4, 0.5) is 30.4 Å². The van der Waals surface area contributed by atoms with Crippen molar-refractivity contribution < 1.29 is 33.1 Å². The van der Waals surface area contributed by atoms with E-state index in [9.17, 15) is 18.1 Å². The number of fused-ring (bicyclic) bond motifs is 1. The highest BCUT2D eigenvalue weighted by molar-refractivity contribution is 6.34. The van der Waals surface area contributed by atoms with E-state index in [4.69, 9.17) is 16.3 Å². The van der Waals surface area contributed by atoms with Crippen molar-refractivity contribution in [2.24, 2.45) is 5.18 Å². The molecule has 8 nitrogen and oxygen atoms in total. The van der Waals surface area contributed by atoms with Crippen LogP contribution in [0.15, 0.2) is 53.7 Å². The summed E-state index contributed by atoms with van der Waals surface area (Å²) in [6, 6.07) is 12.7. The highest BCUT2D eigenvalue weighted by atomic mass is 35.5. The number of anilines is 2. The van der Waals surface area contributed by atoms with E-state index in [2.05, 4.69) is 19.8 Å². The molecule has 12 heteroatoms. The van der Waals surface area contributed by atoms with Gasteiger partial charge in [-0.25, -0.2) is 9.88 Å². The molecule has 1 aromatic heterocycles. The molecule has 1 aliphatic rings. The summed E-state index contributed by atoms with van der Waals surface area (Å²) in [5, 5.41) is 4.38. The molecule has 0 bridgehead atoms. The van der Waals surface area contributed by atoms with Gasteiger partial charge in [-0.1, -0.05) is 23.7 Å². The van der Waals surface area contributed by atoms with Gasteiger partial charge in [-0.2, -0.15) is 0 Å². The van der Waals surface area contributed by atoms with Crippen LogP contribution in [-0.4, -0.2) is 56.1 Å². The molecule has 0 unspecified atom stereocenters. The molecular formula is C22H22ClF3N4O4. The zero-order valence-electron chi connectivity index (χ0n) is 17.9. The Morgan fingerprint density at radius 2 is 1.91 bits per heavy atom. The van der Waals surface area contributed by atoms with Crippen molar-refractivity contribution >= 4 is 39.7 Å². The fourth-order valence-electron chi connectivity index (χ4n) is 3.75. The average molecular weight is 499 g/mol. The van der Waals surface area contributed by atoms with Crippen molar-refractivity contribution in [2.45, 2.75) is 6.36 Å². The Kier molecular flexibility index (Phi) is 8.26. The molecule has 3 aromatic rings. The van der Waals surface area contributed by atoms with Gasteiger partial charge in [0.1, 0.15) is 12.3 Å². The van der Waals surface area contributed by atoms with Crippen LogP contribution in [0, 0.1) is 4.91 Å². The molecule has 0 atom stereocenters. The number of alkyl halides is 3. The van der Waals surface area contributed by atoms with Gasteiger partial charge in [0.2, 0.25) is 0 Å². The van der Waals surface area contributed by atoms with E-state index in [1.165, 1.54) is 6.07 Å². The fraction of sp³-hybridized carbons (Fsp3) is 0.318. The highest BCUT2D eigenvalue weighted by Crippen LogP contribution is 2.37. The number of pyridine rings is 1. The number of ether oxygens (including phenoxy) is 2. The van der Waals surface area contributed by atoms with Crippen molar-refractivity contribution in [3.05, 3.63) is 58.5 Å². The maximum atomic E-state index is 12.6. The molecule has 2 N–H and O–H groups in total. The molecule has 0 aliphatic carbocycles. The van der Waals surface area contributed by atoms with Crippen LogP contribution in [-0.2, 0) is 4.74 Å². The van der Waals surface area contributed by atoms with Crippen molar-refractivity contribution in [1.29, 1.82) is 0 Å². The Bertz CT molecular complexity index is 1140. The third-order valence-corrected chi connectivity index (χ3v) is 5.64. The van der Waals surface area contributed by atoms with Crippen LogP contribution in [0.1, 0.15) is 0 Å². The van der Waals surface area contributed by atoms with Gasteiger partial charge < -0.3 is 14.9 Å². The Balaban J connectivity index is 0.00000324. The van der Waals surface area contributed by atoms with Gasteiger partial charge >= 0.3 is 6.36 Å². The van der Waals surface area contributed by atoms with E-state index in [0.717, 1.165) is 30.6 Å². The van der Waals surface area contributed by atoms with Gasteiger partial charge in [-0.05, 0) is 29.4 Å². The number of morpholine rings is 1. The first-order chi connectivity index (χ1) is 15.8. The summed E-state index contributed by atoms with van der Waals surface area (Å²) < 4.78 is 47.3. The third-order valence-electron chi connectivity index (χ3n) is 5.32. The quantitative estimate of drug-likeness (QED) is 0.430. The monoisotopic (exact) mass is 498 g/mol. The standard InChI is InChI=1S/C22H20ClF3N4O3.H2O/c23-17-3-1-2-15-4-7-20(27-21(15)17)30(9-8-29-10-12-32-13-11-29)19-6-5-16(14-18(19)28-31)33-22(24,25)26;/h1-7,14H,8-13H2;1H2. The Morgan fingerprint density at radius 3 is 2.62 bits per heavy atom. The smallest absolute Gasteiger partial charge is 0.573 e. The topological polar surface area (TPSA) is 98.5 Å². The van der Waals surface area contributed by atoms with E-state index in [1.54, 1.807) is 11.0 Å². The molecule has 2 heterocycles. The summed E-state index contributed by atoms with van der Waals surface area (Å²) in [5.41, 5.74) is 0.868. The van der Waals surface area contributed by atoms with Crippen LogP contribution in [0.5, 0.6) is 5.75 Å². The van der Waals surface area contributed by atoms with Crippen LogP contribution < -0.4 is 14.6 Å². The van der Waals surface area contributed by atoms with Crippen LogP contribution >= 0.6 is 11.6 Å². The van der Waals surface area contributed by atoms with E-state index in [-0.39, 0.29) is 11.2 Å². The second kappa shape index (κ2) is 11.0. The minimum absolute atomic E-state index is 0. The third kappa shape index (κ3) is 6.11. The maximum absolute atomic E-state index is 12.6. The summed E-state index contributed by atoms with van der Waals surface area (Å²) in [7, 11) is 0. The second-order valence-corrected chi connectivity index (χ2v) is 7.85. The first-order valence-corrected chi connectivity index (χ1v) is 10.6. The number of H-pyrrole nitrogens is 1. The van der Waals surface area contributed by atoms with Crippen molar-refractivity contribution in [3.8, 4) is 5.75 Å². The minimum atomic E-state index is -4.87. The lowest BCUT2D eigenvalue weighted by molar-refractivity contribution is -0.329. The zero-order valence-corrected chi connectivity index (χ0v) is 18.6. The number of hydrogen-bond donors (Lipinski definition) is 0. The van der Waals surface area contributed by atoms with Gasteiger partial charge in [0, 0.05) is 37.2 Å². The number of aromatic amines is 1. The number of rotatable bonds is 7. The predicted molar refractivity (Wildman–Crippen MR) is 120 cm³/mol. The van der Waals surface area contributed by atoms with E-state index in [1.807, 2.05) is 24.3 Å². The highest BCUT2D eigenvalue weighted by Gasteiger charge is 2.32. The molecule has 182 valence electrons. The van der Waals surface area contributed by atoms with E-state index in [0.29, 0.717) is 48.3 Å². The van der Waals surface area contributed by atoms with E-state index >= 15 is 0 Å². The molecule has 0 amide bonds. The molecule has 0 spiro atoms. The summed E-state index contributed by atoms with van der Waals surface area (Å²) in [5.74, 6) is 0.0952. The van der Waals surface area contributed by atoms with Crippen molar-refractivity contribution in [3.63, 3.8) is 0 Å². The van der Waals surface area contributed by atoms with Gasteiger partial charge in [0.25, 0.3) is 5.82 Å². The van der Waals surface area contributed by atoms with Crippen LogP contribution in [0.2, 0.25) is 5.02 Å². The summed E-state index contributed by atoms with van der Waals surface area (Å²) in [6.45, 7) is 3.85. The lowest BCUT2D eigenvalue weighted by Crippen LogP contribution is -2.41. The minimum Gasteiger partial charge on any atom is -0.870 e. The number of nitrogens with zero attached hydrogens (tertiary/aromatic N) is 3. The van der Waals surface area contributed by atoms with Crippen molar-refractivity contribution in [1.82, 2.24) is 4.90 Å². The molecule has 0 saturated carbocycles. The number of hydrogen-bond acceptors (Lipinski definition) is 7.